The molecule has 134 valence electrons. The minimum absolute atomic E-state index is 0.0389. The van der Waals surface area contributed by atoms with E-state index in [1.165, 1.54) is 14.2 Å². The summed E-state index contributed by atoms with van der Waals surface area (Å²) in [5, 5.41) is 11.2. The lowest BCUT2D eigenvalue weighted by atomic mass is 9.75. The van der Waals surface area contributed by atoms with Crippen LogP contribution in [-0.4, -0.2) is 43.4 Å². The fourth-order valence-electron chi connectivity index (χ4n) is 3.08. The predicted molar refractivity (Wildman–Crippen MR) is 95.7 cm³/mol. The second-order valence-corrected chi connectivity index (χ2v) is 6.17. The lowest BCUT2D eigenvalue weighted by Crippen LogP contribution is -2.48. The van der Waals surface area contributed by atoms with Gasteiger partial charge in [-0.3, -0.25) is 4.90 Å². The highest BCUT2D eigenvalue weighted by molar-refractivity contribution is 5.49. The van der Waals surface area contributed by atoms with E-state index in [-0.39, 0.29) is 47.7 Å². The minimum Gasteiger partial charge on any atom is -0.493 e. The SMILES string of the molecule is [2H]c1c2c(c([2H])c(OC)c1OC)C1([2H])CC(O)C(C([2H])([2H])C(C)(C([2H])([2H])[2H])C([2H])([2H])[2H])C([2H])([2H])N1CC2. The van der Waals surface area contributed by atoms with Gasteiger partial charge in [-0.2, -0.15) is 0 Å². The van der Waals surface area contributed by atoms with Crippen molar-refractivity contribution in [3.05, 3.63) is 23.2 Å². The molecule has 1 N–H and O–H groups in total. The molecule has 1 fully saturated rings. The maximum Gasteiger partial charge on any atom is 0.161 e. The molecule has 0 spiro atoms. The fraction of sp³-hybridized carbons (Fsp3) is 0.700. The zero-order valence-electron chi connectivity index (χ0n) is 27.0. The number of hydrogen-bond donors (Lipinski definition) is 1. The summed E-state index contributed by atoms with van der Waals surface area (Å²) in [6.07, 6.45) is -6.05. The van der Waals surface area contributed by atoms with Crippen LogP contribution < -0.4 is 9.47 Å². The Hall–Kier alpha value is -1.26. The first-order valence-corrected chi connectivity index (χ1v) is 7.77. The van der Waals surface area contributed by atoms with Crippen LogP contribution in [0.2, 0.25) is 0 Å². The summed E-state index contributed by atoms with van der Waals surface area (Å²) in [5.41, 5.74) is -2.97. The Kier molecular flexibility index (Phi) is 2.06. The smallest absolute Gasteiger partial charge is 0.161 e. The number of aliphatic hydroxyl groups excluding tert-OH is 1. The Morgan fingerprint density at radius 1 is 1.46 bits per heavy atom. The quantitative estimate of drug-likeness (QED) is 0.910. The normalized spacial score (nSPS) is 42.1. The first-order chi connectivity index (χ1) is 16.6. The van der Waals surface area contributed by atoms with Gasteiger partial charge in [0.15, 0.2) is 11.5 Å². The topological polar surface area (TPSA) is 41.9 Å². The third-order valence-corrected chi connectivity index (χ3v) is 4.15. The first-order valence-electron chi connectivity index (χ1n) is 14.3. The number of piperidine rings is 1. The van der Waals surface area contributed by atoms with E-state index in [0.29, 0.717) is 6.92 Å². The molecule has 24 heavy (non-hydrogen) atoms. The highest BCUT2D eigenvalue weighted by atomic mass is 16.5. The van der Waals surface area contributed by atoms with Crippen LogP contribution in [0.1, 0.15) is 68.4 Å². The van der Waals surface area contributed by atoms with Gasteiger partial charge < -0.3 is 14.6 Å². The van der Waals surface area contributed by atoms with Crippen LogP contribution in [0.5, 0.6) is 11.5 Å². The molecule has 3 unspecified atom stereocenters. The fourth-order valence-corrected chi connectivity index (χ4v) is 3.08. The van der Waals surface area contributed by atoms with Crippen molar-refractivity contribution in [1.82, 2.24) is 4.90 Å². The average molecular weight is 347 g/mol. The van der Waals surface area contributed by atoms with Gasteiger partial charge in [0.05, 0.1) is 24.4 Å². The van der Waals surface area contributed by atoms with Gasteiger partial charge in [-0.25, -0.2) is 0 Å². The van der Waals surface area contributed by atoms with Crippen LogP contribution in [0.4, 0.5) is 0 Å². The van der Waals surface area contributed by atoms with Crippen molar-refractivity contribution in [1.29, 1.82) is 0 Å². The van der Waals surface area contributed by atoms with Gasteiger partial charge in [0.2, 0.25) is 0 Å². The Bertz CT molecular complexity index is 1060. The monoisotopic (exact) mass is 346 g/mol. The molecule has 2 aliphatic heterocycles. The van der Waals surface area contributed by atoms with Gasteiger partial charge in [0, 0.05) is 32.8 Å². The number of methoxy groups -OCH3 is 2. The van der Waals surface area contributed by atoms with E-state index < -0.39 is 56.4 Å². The molecular formula is C20H31NO3. The van der Waals surface area contributed by atoms with Gasteiger partial charge >= 0.3 is 0 Å². The standard InChI is InChI=1S/C20H31NO3/c1-20(2,3)11-14-12-21-7-6-13-8-18(23-4)19(24-5)9-15(13)16(21)10-17(14)22/h8-9,14,16-17,22H,6-7,10-12H2,1-5H3/i1D3,2D3,8D,9D,11D2,12D2,16D. The number of nitrogens with zero attached hydrogens (tertiary/aromatic N) is 1. The molecule has 0 bridgehead atoms. The molecule has 2 heterocycles. The van der Waals surface area contributed by atoms with Gasteiger partial charge in [0.25, 0.3) is 0 Å². The molecule has 4 heteroatoms. The van der Waals surface area contributed by atoms with Crippen molar-refractivity contribution >= 4 is 0 Å². The van der Waals surface area contributed by atoms with Crippen LogP contribution in [0, 0.1) is 11.3 Å². The Morgan fingerprint density at radius 3 is 2.83 bits per heavy atom. The molecule has 0 radical (unpaired) electrons. The van der Waals surface area contributed by atoms with Gasteiger partial charge in [-0.15, -0.1) is 0 Å². The highest BCUT2D eigenvalue weighted by Gasteiger charge is 2.39. The van der Waals surface area contributed by atoms with Gasteiger partial charge in [-0.05, 0) is 53.8 Å². The summed E-state index contributed by atoms with van der Waals surface area (Å²) < 4.78 is 119. The van der Waals surface area contributed by atoms with Crippen LogP contribution in [-0.2, 0) is 6.42 Å². The number of rotatable bonds is 3. The summed E-state index contributed by atoms with van der Waals surface area (Å²) in [5.74, 6) is -2.39. The van der Waals surface area contributed by atoms with E-state index in [2.05, 4.69) is 0 Å². The number of aliphatic hydroxyl groups is 1. The lowest BCUT2D eigenvalue weighted by molar-refractivity contribution is -0.0259. The Morgan fingerprint density at radius 2 is 2.17 bits per heavy atom. The second kappa shape index (κ2) is 6.57. The molecular weight excluding hydrogens is 302 g/mol. The number of hydrogen-bond acceptors (Lipinski definition) is 4. The maximum absolute atomic E-state index is 11.2. The molecule has 0 aliphatic carbocycles. The van der Waals surface area contributed by atoms with Crippen LogP contribution >= 0.6 is 0 Å². The zero-order valence-corrected chi connectivity index (χ0v) is 14.0. The predicted octanol–water partition coefficient (Wildman–Crippen LogP) is 3.42. The molecule has 1 aromatic rings. The first kappa shape index (κ1) is 7.55. The Labute approximate surface area is 164 Å². The van der Waals surface area contributed by atoms with E-state index >= 15 is 0 Å². The number of fused-ring (bicyclic) bond motifs is 3. The van der Waals surface area contributed by atoms with Crippen LogP contribution in [0.3, 0.4) is 0 Å². The van der Waals surface area contributed by atoms with Crippen molar-refractivity contribution in [3.8, 4) is 11.5 Å². The van der Waals surface area contributed by atoms with Crippen molar-refractivity contribution in [2.75, 3.05) is 27.3 Å². The maximum atomic E-state index is 11.2. The van der Waals surface area contributed by atoms with Crippen LogP contribution in [0.25, 0.3) is 0 Å². The Balaban J connectivity index is 2.27. The zero-order chi connectivity index (χ0) is 28.7. The van der Waals surface area contributed by atoms with Crippen molar-refractivity contribution in [2.45, 2.75) is 52.0 Å². The molecule has 0 amide bonds. The van der Waals surface area contributed by atoms with Crippen LogP contribution in [0.15, 0.2) is 12.1 Å². The third-order valence-electron chi connectivity index (χ3n) is 4.15. The number of ether oxygens (including phenoxy) is 2. The van der Waals surface area contributed by atoms with Crippen molar-refractivity contribution in [2.24, 2.45) is 11.3 Å². The summed E-state index contributed by atoms with van der Waals surface area (Å²) in [4.78, 5) is 0.917. The molecule has 0 saturated carbocycles. The molecule has 3 rings (SSSR count). The van der Waals surface area contributed by atoms with Gasteiger partial charge in [0.1, 0.15) is 0 Å². The minimum atomic E-state index is -3.40. The molecule has 1 aromatic carbocycles. The summed E-state index contributed by atoms with van der Waals surface area (Å²) >= 11 is 0. The molecule has 3 atom stereocenters. The van der Waals surface area contributed by atoms with E-state index in [9.17, 15) is 6.48 Å². The summed E-state index contributed by atoms with van der Waals surface area (Å²) in [6, 6.07) is -2.70. The lowest BCUT2D eigenvalue weighted by Gasteiger charge is -2.47. The summed E-state index contributed by atoms with van der Waals surface area (Å²) in [6.45, 7) is -9.28. The molecule has 0 aromatic heterocycles. The average Bonchev–Trinajstić information content (AvgIpc) is 2.71. The number of benzene rings is 1. The highest BCUT2D eigenvalue weighted by Crippen LogP contribution is 2.44. The van der Waals surface area contributed by atoms with Crippen molar-refractivity contribution < 1.29 is 32.4 Å². The van der Waals surface area contributed by atoms with E-state index in [0.717, 1.165) is 4.90 Å². The summed E-state index contributed by atoms with van der Waals surface area (Å²) in [7, 11) is 2.53. The van der Waals surface area contributed by atoms with E-state index in [1.807, 2.05) is 0 Å². The van der Waals surface area contributed by atoms with Crippen molar-refractivity contribution in [3.63, 3.8) is 0 Å². The largest absolute Gasteiger partial charge is 0.493 e. The third kappa shape index (κ3) is 3.40. The molecule has 1 saturated heterocycles. The van der Waals surface area contributed by atoms with Gasteiger partial charge in [-0.1, -0.05) is 20.6 Å². The second-order valence-electron chi connectivity index (χ2n) is 6.17. The van der Waals surface area contributed by atoms with E-state index in [1.54, 1.807) is 0 Å². The van der Waals surface area contributed by atoms with E-state index in [4.69, 9.17) is 25.9 Å². The molecule has 4 nitrogen and oxygen atoms in total. The molecule has 2 aliphatic rings.